The Morgan fingerprint density at radius 2 is 2.06 bits per heavy atom. The molecular formula is C13H22N4. The third-order valence-corrected chi connectivity index (χ3v) is 3.42. The number of anilines is 2. The van der Waals surface area contributed by atoms with Crippen molar-refractivity contribution in [2.45, 2.75) is 57.9 Å². The first kappa shape index (κ1) is 12.1. The maximum absolute atomic E-state index is 5.92. The summed E-state index contributed by atoms with van der Waals surface area (Å²) in [5.41, 5.74) is 7.01. The van der Waals surface area contributed by atoms with Gasteiger partial charge in [-0.1, -0.05) is 32.6 Å². The van der Waals surface area contributed by atoms with Crippen molar-refractivity contribution in [1.82, 2.24) is 9.97 Å². The third-order valence-electron chi connectivity index (χ3n) is 3.42. The number of nitrogens with two attached hydrogens (primary N) is 1. The van der Waals surface area contributed by atoms with Crippen LogP contribution >= 0.6 is 0 Å². The molecule has 1 saturated carbocycles. The molecule has 1 aliphatic carbocycles. The standard InChI is InChI=1S/C13H22N4/c1-2-6-11-12(14)15-9-16-13(11)17-10-7-4-3-5-8-10/h9-10H,2-8H2,1H3,(H3,14,15,16,17). The summed E-state index contributed by atoms with van der Waals surface area (Å²) in [7, 11) is 0. The lowest BCUT2D eigenvalue weighted by Gasteiger charge is -2.24. The molecular weight excluding hydrogens is 212 g/mol. The number of hydrogen-bond donors (Lipinski definition) is 2. The molecule has 17 heavy (non-hydrogen) atoms. The summed E-state index contributed by atoms with van der Waals surface area (Å²) in [6.07, 6.45) is 10.1. The quantitative estimate of drug-likeness (QED) is 0.840. The van der Waals surface area contributed by atoms with Crippen molar-refractivity contribution in [2.75, 3.05) is 11.1 Å². The zero-order chi connectivity index (χ0) is 12.1. The van der Waals surface area contributed by atoms with Crippen molar-refractivity contribution in [1.29, 1.82) is 0 Å². The van der Waals surface area contributed by atoms with E-state index in [1.54, 1.807) is 6.33 Å². The smallest absolute Gasteiger partial charge is 0.134 e. The Labute approximate surface area is 103 Å². The van der Waals surface area contributed by atoms with E-state index in [1.807, 2.05) is 0 Å². The van der Waals surface area contributed by atoms with Crippen molar-refractivity contribution in [3.8, 4) is 0 Å². The summed E-state index contributed by atoms with van der Waals surface area (Å²) in [4.78, 5) is 8.43. The van der Waals surface area contributed by atoms with E-state index in [0.29, 0.717) is 11.9 Å². The van der Waals surface area contributed by atoms with Crippen LogP contribution in [0.25, 0.3) is 0 Å². The summed E-state index contributed by atoms with van der Waals surface area (Å²) in [6.45, 7) is 2.15. The Morgan fingerprint density at radius 1 is 1.29 bits per heavy atom. The highest BCUT2D eigenvalue weighted by atomic mass is 15.1. The van der Waals surface area contributed by atoms with Gasteiger partial charge in [0.05, 0.1) is 0 Å². The Bertz CT molecular complexity index is 358. The maximum atomic E-state index is 5.92. The Hall–Kier alpha value is -1.32. The molecule has 0 amide bonds. The van der Waals surface area contributed by atoms with Crippen LogP contribution in [-0.2, 0) is 6.42 Å². The van der Waals surface area contributed by atoms with Crippen LogP contribution in [0.2, 0.25) is 0 Å². The van der Waals surface area contributed by atoms with Gasteiger partial charge in [0.15, 0.2) is 0 Å². The topological polar surface area (TPSA) is 63.8 Å². The van der Waals surface area contributed by atoms with Crippen molar-refractivity contribution >= 4 is 11.6 Å². The first-order valence-electron chi connectivity index (χ1n) is 6.67. The van der Waals surface area contributed by atoms with Crippen molar-refractivity contribution in [3.05, 3.63) is 11.9 Å². The van der Waals surface area contributed by atoms with Gasteiger partial charge in [-0.15, -0.1) is 0 Å². The van der Waals surface area contributed by atoms with E-state index in [4.69, 9.17) is 5.73 Å². The van der Waals surface area contributed by atoms with Gasteiger partial charge in [-0.25, -0.2) is 9.97 Å². The molecule has 1 fully saturated rings. The minimum Gasteiger partial charge on any atom is -0.383 e. The molecule has 0 atom stereocenters. The van der Waals surface area contributed by atoms with Crippen LogP contribution in [0.4, 0.5) is 11.6 Å². The molecule has 94 valence electrons. The lowest BCUT2D eigenvalue weighted by atomic mass is 9.95. The largest absolute Gasteiger partial charge is 0.383 e. The maximum Gasteiger partial charge on any atom is 0.134 e. The number of nitrogens with zero attached hydrogens (tertiary/aromatic N) is 2. The average molecular weight is 234 g/mol. The predicted molar refractivity (Wildman–Crippen MR) is 70.9 cm³/mol. The highest BCUT2D eigenvalue weighted by Gasteiger charge is 2.16. The van der Waals surface area contributed by atoms with Gasteiger partial charge in [-0.3, -0.25) is 0 Å². The van der Waals surface area contributed by atoms with Crippen LogP contribution in [0, 0.1) is 0 Å². The van der Waals surface area contributed by atoms with Crippen LogP contribution < -0.4 is 11.1 Å². The van der Waals surface area contributed by atoms with E-state index < -0.39 is 0 Å². The molecule has 3 N–H and O–H groups in total. The molecule has 0 spiro atoms. The third kappa shape index (κ3) is 3.08. The molecule has 4 nitrogen and oxygen atoms in total. The second kappa shape index (κ2) is 5.84. The summed E-state index contributed by atoms with van der Waals surface area (Å²) in [6, 6.07) is 0.564. The van der Waals surface area contributed by atoms with E-state index in [9.17, 15) is 0 Å². The van der Waals surface area contributed by atoms with E-state index in [1.165, 1.54) is 32.1 Å². The van der Waals surface area contributed by atoms with Gasteiger partial charge in [0.1, 0.15) is 18.0 Å². The first-order chi connectivity index (χ1) is 8.31. The fourth-order valence-electron chi connectivity index (χ4n) is 2.49. The number of aromatic nitrogens is 2. The number of hydrogen-bond acceptors (Lipinski definition) is 4. The lowest BCUT2D eigenvalue weighted by molar-refractivity contribution is 0.461. The van der Waals surface area contributed by atoms with Gasteiger partial charge >= 0.3 is 0 Å². The molecule has 1 aromatic heterocycles. The van der Waals surface area contributed by atoms with Crippen LogP contribution in [-0.4, -0.2) is 16.0 Å². The van der Waals surface area contributed by atoms with Crippen LogP contribution in [0.5, 0.6) is 0 Å². The molecule has 1 aliphatic rings. The van der Waals surface area contributed by atoms with Gasteiger partial charge in [0, 0.05) is 11.6 Å². The van der Waals surface area contributed by atoms with Crippen LogP contribution in [0.15, 0.2) is 6.33 Å². The molecule has 0 aliphatic heterocycles. The highest BCUT2D eigenvalue weighted by molar-refractivity contribution is 5.55. The lowest BCUT2D eigenvalue weighted by Crippen LogP contribution is -2.24. The van der Waals surface area contributed by atoms with Crippen molar-refractivity contribution in [2.24, 2.45) is 0 Å². The highest BCUT2D eigenvalue weighted by Crippen LogP contribution is 2.24. The zero-order valence-electron chi connectivity index (χ0n) is 10.6. The molecule has 4 heteroatoms. The summed E-state index contributed by atoms with van der Waals surface area (Å²) in [5.74, 6) is 1.58. The normalized spacial score (nSPS) is 17.0. The van der Waals surface area contributed by atoms with E-state index in [2.05, 4.69) is 22.2 Å². The molecule has 0 aromatic carbocycles. The summed E-state index contributed by atoms with van der Waals surface area (Å²) < 4.78 is 0. The predicted octanol–water partition coefficient (Wildman–Crippen LogP) is 2.76. The Morgan fingerprint density at radius 3 is 2.76 bits per heavy atom. The van der Waals surface area contributed by atoms with E-state index in [-0.39, 0.29) is 0 Å². The molecule has 1 aromatic rings. The number of rotatable bonds is 4. The molecule has 0 saturated heterocycles. The van der Waals surface area contributed by atoms with E-state index >= 15 is 0 Å². The second-order valence-corrected chi connectivity index (χ2v) is 4.82. The molecule has 1 heterocycles. The number of nitrogens with one attached hydrogen (secondary N) is 1. The fraction of sp³-hybridized carbons (Fsp3) is 0.692. The Balaban J connectivity index is 2.10. The molecule has 0 unspecified atom stereocenters. The molecule has 0 bridgehead atoms. The van der Waals surface area contributed by atoms with Crippen LogP contribution in [0.1, 0.15) is 51.0 Å². The first-order valence-corrected chi connectivity index (χ1v) is 6.67. The molecule has 0 radical (unpaired) electrons. The zero-order valence-corrected chi connectivity index (χ0v) is 10.6. The van der Waals surface area contributed by atoms with E-state index in [0.717, 1.165) is 24.2 Å². The fourth-order valence-corrected chi connectivity index (χ4v) is 2.49. The van der Waals surface area contributed by atoms with Gasteiger partial charge in [0.25, 0.3) is 0 Å². The van der Waals surface area contributed by atoms with Gasteiger partial charge in [-0.05, 0) is 19.3 Å². The summed E-state index contributed by atoms with van der Waals surface area (Å²) in [5, 5.41) is 3.54. The second-order valence-electron chi connectivity index (χ2n) is 4.82. The Kier molecular flexibility index (Phi) is 4.18. The minimum atomic E-state index is 0.564. The minimum absolute atomic E-state index is 0.564. The van der Waals surface area contributed by atoms with Gasteiger partial charge in [0.2, 0.25) is 0 Å². The molecule has 2 rings (SSSR count). The SMILES string of the molecule is CCCc1c(N)ncnc1NC1CCCCC1. The summed E-state index contributed by atoms with van der Waals surface area (Å²) >= 11 is 0. The van der Waals surface area contributed by atoms with Gasteiger partial charge < -0.3 is 11.1 Å². The van der Waals surface area contributed by atoms with Crippen molar-refractivity contribution < 1.29 is 0 Å². The average Bonchev–Trinajstić information content (AvgIpc) is 2.35. The van der Waals surface area contributed by atoms with Crippen molar-refractivity contribution in [3.63, 3.8) is 0 Å². The monoisotopic (exact) mass is 234 g/mol. The number of nitrogen functional groups attached to an aromatic ring is 1. The van der Waals surface area contributed by atoms with Gasteiger partial charge in [-0.2, -0.15) is 0 Å². The van der Waals surface area contributed by atoms with Crippen LogP contribution in [0.3, 0.4) is 0 Å².